The van der Waals surface area contributed by atoms with Crippen LogP contribution in [-0.4, -0.2) is 20.6 Å². The molecule has 2 aromatic rings. The van der Waals surface area contributed by atoms with Gasteiger partial charge in [0.25, 0.3) is 10.0 Å². The molecule has 0 fully saturated rings. The van der Waals surface area contributed by atoms with E-state index in [4.69, 9.17) is 5.11 Å². The number of benzene rings is 2. The summed E-state index contributed by atoms with van der Waals surface area (Å²) in [6.45, 7) is 0. The fraction of sp³-hybridized carbons (Fsp3) is 0.0769. The molecule has 106 valence electrons. The van der Waals surface area contributed by atoms with Crippen LogP contribution in [0, 0.1) is 11.6 Å². The summed E-state index contributed by atoms with van der Waals surface area (Å²) < 4.78 is 51.8. The first kappa shape index (κ1) is 14.3. The van der Waals surface area contributed by atoms with Gasteiger partial charge in [-0.25, -0.2) is 17.2 Å². The van der Waals surface area contributed by atoms with Crippen molar-refractivity contribution in [3.8, 4) is 5.75 Å². The van der Waals surface area contributed by atoms with Gasteiger partial charge in [-0.1, -0.05) is 0 Å². The van der Waals surface area contributed by atoms with E-state index in [2.05, 4.69) is 0 Å². The van der Waals surface area contributed by atoms with Gasteiger partial charge in [-0.2, -0.15) is 0 Å². The van der Waals surface area contributed by atoms with Crippen molar-refractivity contribution in [3.63, 3.8) is 0 Å². The van der Waals surface area contributed by atoms with Crippen molar-refractivity contribution in [2.24, 2.45) is 0 Å². The minimum atomic E-state index is -4.14. The highest BCUT2D eigenvalue weighted by Gasteiger charge is 2.25. The molecule has 0 spiro atoms. The minimum Gasteiger partial charge on any atom is -0.508 e. The molecule has 0 radical (unpaired) electrons. The van der Waals surface area contributed by atoms with Crippen molar-refractivity contribution >= 4 is 15.7 Å². The fourth-order valence-corrected chi connectivity index (χ4v) is 2.87. The van der Waals surface area contributed by atoms with Crippen molar-refractivity contribution in [3.05, 3.63) is 54.1 Å². The van der Waals surface area contributed by atoms with Crippen LogP contribution < -0.4 is 4.31 Å². The summed E-state index contributed by atoms with van der Waals surface area (Å²) in [6, 6.07) is 7.61. The molecular weight excluding hydrogens is 288 g/mol. The second-order valence-corrected chi connectivity index (χ2v) is 6.00. The number of halogens is 2. The van der Waals surface area contributed by atoms with Gasteiger partial charge in [0.2, 0.25) is 0 Å². The van der Waals surface area contributed by atoms with Crippen LogP contribution in [0.3, 0.4) is 0 Å². The fourth-order valence-electron chi connectivity index (χ4n) is 1.63. The van der Waals surface area contributed by atoms with E-state index < -0.39 is 26.6 Å². The van der Waals surface area contributed by atoms with Crippen molar-refractivity contribution in [2.45, 2.75) is 4.90 Å². The van der Waals surface area contributed by atoms with Gasteiger partial charge in [0.15, 0.2) is 0 Å². The largest absolute Gasteiger partial charge is 0.508 e. The van der Waals surface area contributed by atoms with Gasteiger partial charge in [0.05, 0.1) is 5.69 Å². The quantitative estimate of drug-likeness (QED) is 0.947. The van der Waals surface area contributed by atoms with Gasteiger partial charge >= 0.3 is 0 Å². The number of hydrogen-bond donors (Lipinski definition) is 1. The minimum absolute atomic E-state index is 0.0208. The third kappa shape index (κ3) is 2.57. The maximum atomic E-state index is 13.6. The highest BCUT2D eigenvalue weighted by Crippen LogP contribution is 2.25. The molecule has 7 heteroatoms. The summed E-state index contributed by atoms with van der Waals surface area (Å²) >= 11 is 0. The van der Waals surface area contributed by atoms with E-state index in [1.807, 2.05) is 0 Å². The van der Waals surface area contributed by atoms with E-state index >= 15 is 0 Å². The Morgan fingerprint density at radius 1 is 1.05 bits per heavy atom. The van der Waals surface area contributed by atoms with Crippen molar-refractivity contribution in [1.82, 2.24) is 0 Å². The highest BCUT2D eigenvalue weighted by molar-refractivity contribution is 7.92. The lowest BCUT2D eigenvalue weighted by molar-refractivity contribution is 0.475. The molecule has 1 N–H and O–H groups in total. The second-order valence-electron chi connectivity index (χ2n) is 4.06. The number of nitrogens with zero attached hydrogens (tertiary/aromatic N) is 1. The van der Waals surface area contributed by atoms with Crippen LogP contribution in [0.2, 0.25) is 0 Å². The zero-order valence-electron chi connectivity index (χ0n) is 10.4. The van der Waals surface area contributed by atoms with E-state index in [-0.39, 0.29) is 11.4 Å². The van der Waals surface area contributed by atoms with Gasteiger partial charge in [0, 0.05) is 13.1 Å². The van der Waals surface area contributed by atoms with Crippen LogP contribution in [0.4, 0.5) is 14.5 Å². The second kappa shape index (κ2) is 5.09. The third-order valence-electron chi connectivity index (χ3n) is 2.75. The average Bonchev–Trinajstić information content (AvgIpc) is 2.38. The van der Waals surface area contributed by atoms with Gasteiger partial charge < -0.3 is 5.11 Å². The molecule has 2 rings (SSSR count). The van der Waals surface area contributed by atoms with E-state index in [1.165, 1.54) is 31.3 Å². The molecule has 4 nitrogen and oxygen atoms in total. The Kier molecular flexibility index (Phi) is 3.63. The molecule has 0 bridgehead atoms. The summed E-state index contributed by atoms with van der Waals surface area (Å²) in [5.41, 5.74) is 0.242. The molecule has 0 aliphatic heterocycles. The summed E-state index contributed by atoms with van der Waals surface area (Å²) in [5, 5.41) is 9.16. The smallest absolute Gasteiger partial charge is 0.266 e. The Bertz CT molecular complexity index is 730. The van der Waals surface area contributed by atoms with E-state index in [0.29, 0.717) is 6.07 Å². The number of anilines is 1. The van der Waals surface area contributed by atoms with E-state index in [0.717, 1.165) is 16.4 Å². The zero-order valence-corrected chi connectivity index (χ0v) is 11.2. The average molecular weight is 299 g/mol. The van der Waals surface area contributed by atoms with Crippen molar-refractivity contribution in [1.29, 1.82) is 0 Å². The number of phenols is 1. The maximum absolute atomic E-state index is 13.6. The normalized spacial score (nSPS) is 11.3. The lowest BCUT2D eigenvalue weighted by Crippen LogP contribution is -2.27. The molecule has 0 aliphatic carbocycles. The van der Waals surface area contributed by atoms with Crippen LogP contribution in [-0.2, 0) is 10.0 Å². The number of aromatic hydroxyl groups is 1. The Morgan fingerprint density at radius 2 is 1.65 bits per heavy atom. The summed E-state index contributed by atoms with van der Waals surface area (Å²) in [4.78, 5) is -0.616. The SMILES string of the molecule is CN(c1ccc(O)cc1)S(=O)(=O)c1ccc(F)cc1F. The van der Waals surface area contributed by atoms with Crippen LogP contribution in [0.25, 0.3) is 0 Å². The molecule has 0 atom stereocenters. The van der Waals surface area contributed by atoms with Gasteiger partial charge in [-0.3, -0.25) is 4.31 Å². The van der Waals surface area contributed by atoms with Gasteiger partial charge in [-0.05, 0) is 36.4 Å². The van der Waals surface area contributed by atoms with Gasteiger partial charge in [-0.15, -0.1) is 0 Å². The molecule has 0 saturated heterocycles. The Morgan fingerprint density at radius 3 is 2.20 bits per heavy atom. The van der Waals surface area contributed by atoms with Crippen LogP contribution in [0.5, 0.6) is 5.75 Å². The molecule has 0 aromatic heterocycles. The molecule has 0 unspecified atom stereocenters. The number of sulfonamides is 1. The number of hydrogen-bond acceptors (Lipinski definition) is 3. The van der Waals surface area contributed by atoms with Crippen LogP contribution >= 0.6 is 0 Å². The lowest BCUT2D eigenvalue weighted by atomic mass is 10.3. The summed E-state index contributed by atoms with van der Waals surface area (Å²) in [6.07, 6.45) is 0. The predicted octanol–water partition coefficient (Wildman–Crippen LogP) is 2.50. The Balaban J connectivity index is 2.46. The standard InChI is InChI=1S/C13H11F2NO3S/c1-16(10-3-5-11(17)6-4-10)20(18,19)13-7-2-9(14)8-12(13)15/h2-8,17H,1H3. The number of rotatable bonds is 3. The maximum Gasteiger partial charge on any atom is 0.266 e. The van der Waals surface area contributed by atoms with Crippen LogP contribution in [0.15, 0.2) is 47.4 Å². The highest BCUT2D eigenvalue weighted by atomic mass is 32.2. The zero-order chi connectivity index (χ0) is 14.9. The van der Waals surface area contributed by atoms with Crippen LogP contribution in [0.1, 0.15) is 0 Å². The van der Waals surface area contributed by atoms with Crippen molar-refractivity contribution < 1.29 is 22.3 Å². The molecule has 0 aliphatic rings. The van der Waals surface area contributed by atoms with E-state index in [9.17, 15) is 17.2 Å². The molecule has 0 amide bonds. The molecule has 2 aromatic carbocycles. The molecule has 20 heavy (non-hydrogen) atoms. The van der Waals surface area contributed by atoms with E-state index in [1.54, 1.807) is 0 Å². The third-order valence-corrected chi connectivity index (χ3v) is 4.56. The molecular formula is C13H11F2NO3S. The molecule has 0 heterocycles. The first-order valence-electron chi connectivity index (χ1n) is 5.55. The Hall–Kier alpha value is -2.15. The number of phenolic OH excluding ortho intramolecular Hbond substituents is 1. The topological polar surface area (TPSA) is 57.6 Å². The summed E-state index contributed by atoms with van der Waals surface area (Å²) in [7, 11) is -2.90. The first-order valence-corrected chi connectivity index (χ1v) is 6.99. The van der Waals surface area contributed by atoms with Crippen molar-refractivity contribution in [2.75, 3.05) is 11.4 Å². The first-order chi connectivity index (χ1) is 9.32. The molecule has 0 saturated carbocycles. The predicted molar refractivity (Wildman–Crippen MR) is 70.1 cm³/mol. The Labute approximate surface area is 114 Å². The summed E-state index contributed by atoms with van der Waals surface area (Å²) in [5.74, 6) is -2.03. The lowest BCUT2D eigenvalue weighted by Gasteiger charge is -2.19. The van der Waals surface area contributed by atoms with Gasteiger partial charge in [0.1, 0.15) is 22.3 Å². The monoisotopic (exact) mass is 299 g/mol.